The first-order valence-corrected chi connectivity index (χ1v) is 14.4. The molecule has 2 heterocycles. The summed E-state index contributed by atoms with van der Waals surface area (Å²) in [5.41, 5.74) is 6.39. The monoisotopic (exact) mass is 530 g/mol. The fourth-order valence-corrected chi connectivity index (χ4v) is 6.08. The number of aromatic nitrogens is 1. The van der Waals surface area contributed by atoms with E-state index >= 15 is 0 Å². The van der Waals surface area contributed by atoms with E-state index in [0.717, 1.165) is 39.0 Å². The molecule has 0 spiro atoms. The van der Waals surface area contributed by atoms with Gasteiger partial charge in [0.1, 0.15) is 17.6 Å². The summed E-state index contributed by atoms with van der Waals surface area (Å²) in [4.78, 5) is 9.50. The van der Waals surface area contributed by atoms with Crippen molar-refractivity contribution >= 4 is 38.9 Å². The Morgan fingerprint density at radius 1 is 0.921 bits per heavy atom. The van der Waals surface area contributed by atoms with Crippen molar-refractivity contribution in [1.29, 1.82) is 0 Å². The van der Waals surface area contributed by atoms with Gasteiger partial charge in [0, 0.05) is 43.5 Å². The van der Waals surface area contributed by atoms with Crippen LogP contribution in [0.5, 0.6) is 0 Å². The van der Waals surface area contributed by atoms with E-state index in [1.54, 1.807) is 0 Å². The van der Waals surface area contributed by atoms with Crippen molar-refractivity contribution in [2.45, 2.75) is 19.8 Å². The maximum Gasteiger partial charge on any atom is 0.262 e. The zero-order chi connectivity index (χ0) is 27.2. The number of para-hydroxylation sites is 1. The van der Waals surface area contributed by atoms with Crippen LogP contribution in [0.1, 0.15) is 29.0 Å². The van der Waals surface area contributed by atoms with E-state index < -0.39 is 0 Å². The summed E-state index contributed by atoms with van der Waals surface area (Å²) in [6, 6.07) is 15.5. The molecule has 5 nitrogen and oxygen atoms in total. The Labute approximate surface area is 233 Å². The first kappa shape index (κ1) is 28.1. The lowest BCUT2D eigenvalue weighted by atomic mass is 9.98. The lowest BCUT2D eigenvalue weighted by molar-refractivity contribution is -0.642. The molecular weight excluding hydrogens is 486 g/mol. The van der Waals surface area contributed by atoms with Gasteiger partial charge in [-0.3, -0.25) is 0 Å². The van der Waals surface area contributed by atoms with Crippen LogP contribution in [0.15, 0.2) is 66.5 Å². The fraction of sp³-hybridized carbons (Fsp3) is 0.406. The molecule has 0 atom stereocenters. The molecule has 0 amide bonds. The predicted molar refractivity (Wildman–Crippen MR) is 166 cm³/mol. The van der Waals surface area contributed by atoms with Crippen LogP contribution >= 0.6 is 11.3 Å². The Balaban J connectivity index is 1.66. The van der Waals surface area contributed by atoms with Crippen LogP contribution in [0.2, 0.25) is 0 Å². The summed E-state index contributed by atoms with van der Waals surface area (Å²) in [6.07, 6.45) is 11.4. The molecule has 6 heteroatoms. The van der Waals surface area contributed by atoms with Crippen LogP contribution in [0.4, 0.5) is 5.69 Å². The van der Waals surface area contributed by atoms with Crippen LogP contribution in [-0.2, 0) is 7.05 Å². The van der Waals surface area contributed by atoms with E-state index in [1.165, 1.54) is 43.4 Å². The van der Waals surface area contributed by atoms with E-state index in [2.05, 4.69) is 140 Å². The molecule has 0 unspecified atom stereocenters. The molecule has 1 aliphatic rings. The van der Waals surface area contributed by atoms with Crippen LogP contribution in [-0.4, -0.2) is 76.1 Å². The van der Waals surface area contributed by atoms with Gasteiger partial charge < -0.3 is 19.6 Å². The van der Waals surface area contributed by atoms with Crippen molar-refractivity contribution in [1.82, 2.24) is 14.7 Å². The van der Waals surface area contributed by atoms with Crippen LogP contribution in [0, 0.1) is 6.92 Å². The molecular formula is C32H44N5S+. The third kappa shape index (κ3) is 6.73. The lowest BCUT2D eigenvalue weighted by Gasteiger charge is -2.38. The second-order valence-corrected chi connectivity index (χ2v) is 11.9. The van der Waals surface area contributed by atoms with E-state index in [9.17, 15) is 0 Å². The first-order valence-electron chi connectivity index (χ1n) is 13.6. The Morgan fingerprint density at radius 3 is 2.29 bits per heavy atom. The Kier molecular flexibility index (Phi) is 9.42. The number of benzene rings is 2. The number of nitrogens with zero attached hydrogens (tertiary/aromatic N) is 5. The summed E-state index contributed by atoms with van der Waals surface area (Å²) in [6.45, 7) is 6.43. The lowest BCUT2D eigenvalue weighted by Crippen LogP contribution is -2.38. The Hall–Kier alpha value is -2.93. The van der Waals surface area contributed by atoms with Crippen molar-refractivity contribution < 1.29 is 4.57 Å². The summed E-state index contributed by atoms with van der Waals surface area (Å²) < 4.78 is 3.62. The minimum absolute atomic E-state index is 1.05. The normalized spacial score (nSPS) is 14.8. The average molecular weight is 531 g/mol. The van der Waals surface area contributed by atoms with Crippen molar-refractivity contribution in [3.8, 4) is 0 Å². The highest BCUT2D eigenvalue weighted by molar-refractivity contribution is 7.18. The average Bonchev–Trinajstić information content (AvgIpc) is 3.19. The van der Waals surface area contributed by atoms with Gasteiger partial charge >= 0.3 is 0 Å². The van der Waals surface area contributed by atoms with Gasteiger partial charge in [-0.25, -0.2) is 0 Å². The SMILES string of the molecule is Cc1ccc2sc(/C=C/C=C3\C=C(N(CCCN(C)C)CCCN(C)C)N(C)c4ccccc43)[n+](C)c2c1. The van der Waals surface area contributed by atoms with Gasteiger partial charge in [-0.1, -0.05) is 47.8 Å². The topological polar surface area (TPSA) is 16.8 Å². The van der Waals surface area contributed by atoms with E-state index in [-0.39, 0.29) is 0 Å². The molecule has 0 N–H and O–H groups in total. The molecule has 0 bridgehead atoms. The Bertz CT molecular complexity index is 1320. The van der Waals surface area contributed by atoms with Gasteiger partial charge in [0.05, 0.1) is 0 Å². The molecule has 0 fully saturated rings. The second kappa shape index (κ2) is 12.7. The molecule has 0 saturated heterocycles. The standard InChI is InChI=1S/C32H44N5S/c1-25-17-18-30-29(23-25)36(7)32(38-30)16-10-13-26-24-31(35(6)28-15-9-8-14-27(26)28)37(21-11-19-33(2)3)22-12-20-34(4)5/h8-10,13-18,23-24H,11-12,19-22H2,1-7H3/q+1. The van der Waals surface area contributed by atoms with Crippen molar-refractivity contribution in [3.63, 3.8) is 0 Å². The number of hydrogen-bond acceptors (Lipinski definition) is 5. The van der Waals surface area contributed by atoms with Gasteiger partial charge in [0.25, 0.3) is 5.01 Å². The summed E-state index contributed by atoms with van der Waals surface area (Å²) in [7, 11) is 13.0. The molecule has 2 aromatic carbocycles. The predicted octanol–water partition coefficient (Wildman–Crippen LogP) is 5.63. The van der Waals surface area contributed by atoms with Gasteiger partial charge in [-0.2, -0.15) is 4.57 Å². The largest absolute Gasteiger partial charge is 0.358 e. The second-order valence-electron chi connectivity index (χ2n) is 10.8. The number of rotatable bonds is 11. The third-order valence-corrected chi connectivity index (χ3v) is 8.32. The zero-order valence-corrected chi connectivity index (χ0v) is 25.1. The number of allylic oxidation sites excluding steroid dienone is 4. The van der Waals surface area contributed by atoms with E-state index in [1.807, 2.05) is 11.3 Å². The number of hydrogen-bond donors (Lipinski definition) is 0. The molecule has 202 valence electrons. The highest BCUT2D eigenvalue weighted by Crippen LogP contribution is 2.36. The molecule has 0 aliphatic carbocycles. The minimum atomic E-state index is 1.05. The highest BCUT2D eigenvalue weighted by Gasteiger charge is 2.23. The molecule has 1 aliphatic heterocycles. The number of fused-ring (bicyclic) bond motifs is 2. The fourth-order valence-electron chi connectivity index (χ4n) is 5.04. The maximum absolute atomic E-state index is 2.58. The van der Waals surface area contributed by atoms with Crippen molar-refractivity contribution in [2.75, 3.05) is 66.3 Å². The van der Waals surface area contributed by atoms with E-state index in [0.29, 0.717) is 0 Å². The van der Waals surface area contributed by atoms with Gasteiger partial charge in [-0.15, -0.1) is 0 Å². The smallest absolute Gasteiger partial charge is 0.262 e. The molecule has 0 saturated carbocycles. The zero-order valence-electron chi connectivity index (χ0n) is 24.2. The van der Waals surface area contributed by atoms with Gasteiger partial charge in [-0.05, 0) is 90.4 Å². The molecule has 38 heavy (non-hydrogen) atoms. The van der Waals surface area contributed by atoms with Crippen molar-refractivity contribution in [3.05, 3.63) is 82.6 Å². The highest BCUT2D eigenvalue weighted by atomic mass is 32.1. The van der Waals surface area contributed by atoms with E-state index in [4.69, 9.17) is 0 Å². The van der Waals surface area contributed by atoms with Gasteiger partial charge in [0.15, 0.2) is 0 Å². The van der Waals surface area contributed by atoms with Crippen LogP contribution < -0.4 is 9.47 Å². The summed E-state index contributed by atoms with van der Waals surface area (Å²) in [5.74, 6) is 1.28. The molecule has 3 aromatic rings. The third-order valence-electron chi connectivity index (χ3n) is 7.13. The number of thiazole rings is 1. The molecule has 0 radical (unpaired) electrons. The van der Waals surface area contributed by atoms with Crippen LogP contribution in [0.3, 0.4) is 0 Å². The number of anilines is 1. The van der Waals surface area contributed by atoms with Crippen LogP contribution in [0.25, 0.3) is 21.9 Å². The summed E-state index contributed by atoms with van der Waals surface area (Å²) in [5, 5.41) is 1.25. The molecule has 1 aromatic heterocycles. The first-order chi connectivity index (χ1) is 18.2. The van der Waals surface area contributed by atoms with Crippen molar-refractivity contribution in [2.24, 2.45) is 7.05 Å². The minimum Gasteiger partial charge on any atom is -0.358 e. The maximum atomic E-state index is 2.58. The quantitative estimate of drug-likeness (QED) is 0.299. The summed E-state index contributed by atoms with van der Waals surface area (Å²) >= 11 is 1.84. The molecule has 4 rings (SSSR count). The number of aryl methyl sites for hydroxylation is 2. The Morgan fingerprint density at radius 2 is 1.61 bits per heavy atom. The van der Waals surface area contributed by atoms with Gasteiger partial charge in [0.2, 0.25) is 5.52 Å².